The zero-order chi connectivity index (χ0) is 9.64. The summed E-state index contributed by atoms with van der Waals surface area (Å²) < 4.78 is 0. The third-order valence-electron chi connectivity index (χ3n) is 2.18. The molecule has 0 atom stereocenters. The lowest BCUT2D eigenvalue weighted by Crippen LogP contribution is -1.91. The molecule has 0 aliphatic rings. The molecule has 72 valence electrons. The number of H-pyrrole nitrogens is 1. The third kappa shape index (κ3) is 2.42. The van der Waals surface area contributed by atoms with Crippen molar-refractivity contribution in [3.8, 4) is 0 Å². The summed E-state index contributed by atoms with van der Waals surface area (Å²) in [4.78, 5) is 4.27. The summed E-state index contributed by atoms with van der Waals surface area (Å²) in [6.45, 7) is 0. The maximum atomic E-state index is 4.27. The Morgan fingerprint density at radius 2 is 2.21 bits per heavy atom. The Hall–Kier alpha value is -1.64. The highest BCUT2D eigenvalue weighted by Gasteiger charge is 1.96. The lowest BCUT2D eigenvalue weighted by atomic mass is 10.1. The van der Waals surface area contributed by atoms with Gasteiger partial charge < -0.3 is 0 Å². The summed E-state index contributed by atoms with van der Waals surface area (Å²) in [6, 6.07) is 6.04. The number of hydrogen-bond acceptors (Lipinski definition) is 2. The quantitative estimate of drug-likeness (QED) is 0.795. The molecule has 0 fully saturated rings. The van der Waals surface area contributed by atoms with Gasteiger partial charge in [0.15, 0.2) is 0 Å². The number of aromatic amines is 1. The van der Waals surface area contributed by atoms with Gasteiger partial charge in [-0.1, -0.05) is 6.07 Å². The Morgan fingerprint density at radius 3 is 2.93 bits per heavy atom. The van der Waals surface area contributed by atoms with E-state index in [9.17, 15) is 0 Å². The first kappa shape index (κ1) is 8.94. The highest BCUT2D eigenvalue weighted by molar-refractivity contribution is 5.06. The Kier molecular flexibility index (Phi) is 2.91. The molecule has 0 aromatic carbocycles. The van der Waals surface area contributed by atoms with Crippen LogP contribution in [-0.2, 0) is 12.8 Å². The summed E-state index contributed by atoms with van der Waals surface area (Å²) in [5.41, 5.74) is 2.43. The minimum atomic E-state index is 1.03. The normalized spacial score (nSPS) is 10.3. The van der Waals surface area contributed by atoms with E-state index in [1.54, 1.807) is 0 Å². The fourth-order valence-electron chi connectivity index (χ4n) is 1.43. The highest BCUT2D eigenvalue weighted by Crippen LogP contribution is 2.04. The molecule has 0 saturated carbocycles. The van der Waals surface area contributed by atoms with Gasteiger partial charge in [-0.25, -0.2) is 0 Å². The first-order valence-electron chi connectivity index (χ1n) is 4.83. The van der Waals surface area contributed by atoms with Crippen LogP contribution in [0.25, 0.3) is 0 Å². The van der Waals surface area contributed by atoms with Crippen LogP contribution in [0.5, 0.6) is 0 Å². The predicted molar refractivity (Wildman–Crippen MR) is 54.8 cm³/mol. The molecule has 0 radical (unpaired) electrons. The molecule has 0 saturated heterocycles. The summed E-state index contributed by atoms with van der Waals surface area (Å²) in [6.07, 6.45) is 8.87. The van der Waals surface area contributed by atoms with Crippen LogP contribution in [0.3, 0.4) is 0 Å². The van der Waals surface area contributed by atoms with Crippen molar-refractivity contribution in [1.29, 1.82) is 0 Å². The molecule has 0 aliphatic heterocycles. The molecule has 3 nitrogen and oxygen atoms in total. The molecular formula is C11H13N3. The number of hydrogen-bond donors (Lipinski definition) is 1. The maximum Gasteiger partial charge on any atom is 0.0519 e. The highest BCUT2D eigenvalue weighted by atomic mass is 15.1. The van der Waals surface area contributed by atoms with Crippen LogP contribution >= 0.6 is 0 Å². The Balaban J connectivity index is 1.79. The number of rotatable bonds is 4. The van der Waals surface area contributed by atoms with Crippen LogP contribution in [-0.4, -0.2) is 15.2 Å². The van der Waals surface area contributed by atoms with E-state index >= 15 is 0 Å². The Bertz CT molecular complexity index is 353. The number of pyridine rings is 1. The molecule has 0 amide bonds. The van der Waals surface area contributed by atoms with Crippen molar-refractivity contribution in [1.82, 2.24) is 15.2 Å². The van der Waals surface area contributed by atoms with Crippen molar-refractivity contribution in [2.45, 2.75) is 19.3 Å². The summed E-state index contributed by atoms with van der Waals surface area (Å²) in [7, 11) is 0. The van der Waals surface area contributed by atoms with Gasteiger partial charge >= 0.3 is 0 Å². The van der Waals surface area contributed by atoms with E-state index in [0.717, 1.165) is 25.0 Å². The Morgan fingerprint density at radius 1 is 1.21 bits per heavy atom. The second-order valence-corrected chi connectivity index (χ2v) is 3.28. The van der Waals surface area contributed by atoms with Crippen LogP contribution in [0.2, 0.25) is 0 Å². The van der Waals surface area contributed by atoms with Gasteiger partial charge in [-0.15, -0.1) is 0 Å². The number of nitrogens with zero attached hydrogens (tertiary/aromatic N) is 2. The average Bonchev–Trinajstić information content (AvgIpc) is 2.72. The summed E-state index contributed by atoms with van der Waals surface area (Å²) >= 11 is 0. The third-order valence-corrected chi connectivity index (χ3v) is 2.18. The van der Waals surface area contributed by atoms with Gasteiger partial charge in [0, 0.05) is 18.1 Å². The van der Waals surface area contributed by atoms with Gasteiger partial charge in [0.05, 0.1) is 6.20 Å². The molecule has 0 spiro atoms. The lowest BCUT2D eigenvalue weighted by Gasteiger charge is -1.98. The van der Waals surface area contributed by atoms with Crippen molar-refractivity contribution in [3.05, 3.63) is 48.0 Å². The SMILES string of the molecule is c1ccc(CCCc2cn[nH]c2)nc1. The van der Waals surface area contributed by atoms with E-state index in [1.165, 1.54) is 5.56 Å². The average molecular weight is 187 g/mol. The summed E-state index contributed by atoms with van der Waals surface area (Å²) in [5, 5.41) is 6.72. The van der Waals surface area contributed by atoms with Crippen LogP contribution < -0.4 is 0 Å². The number of aryl methyl sites for hydroxylation is 2. The minimum Gasteiger partial charge on any atom is -0.285 e. The van der Waals surface area contributed by atoms with Gasteiger partial charge in [0.2, 0.25) is 0 Å². The van der Waals surface area contributed by atoms with Crippen molar-refractivity contribution in [3.63, 3.8) is 0 Å². The standard InChI is InChI=1S/C11H13N3/c1-2-7-12-11(5-1)6-3-4-10-8-13-14-9-10/h1-2,5,7-9H,3-4,6H2,(H,13,14). The van der Waals surface area contributed by atoms with Gasteiger partial charge in [0.1, 0.15) is 0 Å². The van der Waals surface area contributed by atoms with Crippen LogP contribution in [0.15, 0.2) is 36.8 Å². The maximum absolute atomic E-state index is 4.27. The fourth-order valence-corrected chi connectivity index (χ4v) is 1.43. The second-order valence-electron chi connectivity index (χ2n) is 3.28. The molecule has 0 bridgehead atoms. The zero-order valence-electron chi connectivity index (χ0n) is 7.98. The topological polar surface area (TPSA) is 41.6 Å². The van der Waals surface area contributed by atoms with Crippen LogP contribution in [0, 0.1) is 0 Å². The van der Waals surface area contributed by atoms with Crippen molar-refractivity contribution in [2.24, 2.45) is 0 Å². The molecule has 1 N–H and O–H groups in total. The van der Waals surface area contributed by atoms with Crippen LogP contribution in [0.1, 0.15) is 17.7 Å². The van der Waals surface area contributed by atoms with Gasteiger partial charge in [-0.3, -0.25) is 10.1 Å². The minimum absolute atomic E-state index is 1.03. The molecule has 3 heteroatoms. The van der Waals surface area contributed by atoms with E-state index in [4.69, 9.17) is 0 Å². The van der Waals surface area contributed by atoms with Gasteiger partial charge in [-0.2, -0.15) is 5.10 Å². The second kappa shape index (κ2) is 4.56. The van der Waals surface area contributed by atoms with Gasteiger partial charge in [0.25, 0.3) is 0 Å². The van der Waals surface area contributed by atoms with E-state index in [1.807, 2.05) is 30.7 Å². The number of aromatic nitrogens is 3. The van der Waals surface area contributed by atoms with Crippen LogP contribution in [0.4, 0.5) is 0 Å². The molecule has 0 unspecified atom stereocenters. The molecule has 14 heavy (non-hydrogen) atoms. The lowest BCUT2D eigenvalue weighted by molar-refractivity contribution is 0.799. The fraction of sp³-hybridized carbons (Fsp3) is 0.273. The molecule has 2 aromatic heterocycles. The molecule has 2 rings (SSSR count). The van der Waals surface area contributed by atoms with Crippen molar-refractivity contribution in [2.75, 3.05) is 0 Å². The molecular weight excluding hydrogens is 174 g/mol. The molecule has 2 heterocycles. The largest absolute Gasteiger partial charge is 0.285 e. The predicted octanol–water partition coefficient (Wildman–Crippen LogP) is 1.98. The zero-order valence-corrected chi connectivity index (χ0v) is 7.98. The first-order chi connectivity index (χ1) is 6.95. The van der Waals surface area contributed by atoms with E-state index < -0.39 is 0 Å². The van der Waals surface area contributed by atoms with E-state index in [0.29, 0.717) is 0 Å². The summed E-state index contributed by atoms with van der Waals surface area (Å²) in [5.74, 6) is 0. The first-order valence-corrected chi connectivity index (χ1v) is 4.83. The Labute approximate surface area is 83.2 Å². The molecule has 0 aliphatic carbocycles. The number of nitrogens with one attached hydrogen (secondary N) is 1. The smallest absolute Gasteiger partial charge is 0.0519 e. The van der Waals surface area contributed by atoms with E-state index in [2.05, 4.69) is 21.2 Å². The molecule has 2 aromatic rings. The van der Waals surface area contributed by atoms with Gasteiger partial charge in [-0.05, 0) is 37.0 Å². The monoisotopic (exact) mass is 187 g/mol. The van der Waals surface area contributed by atoms with E-state index in [-0.39, 0.29) is 0 Å². The van der Waals surface area contributed by atoms with Crippen molar-refractivity contribution >= 4 is 0 Å². The van der Waals surface area contributed by atoms with Crippen molar-refractivity contribution < 1.29 is 0 Å².